The highest BCUT2D eigenvalue weighted by Gasteiger charge is 2.39. The minimum atomic E-state index is -0.617. The average molecular weight is 144 g/mol. The fraction of sp³-hybridized carbons (Fsp3) is 1.00. The van der Waals surface area contributed by atoms with E-state index in [1.165, 1.54) is 0 Å². The summed E-state index contributed by atoms with van der Waals surface area (Å²) in [4.78, 5) is 0. The van der Waals surface area contributed by atoms with Gasteiger partial charge in [0.2, 0.25) is 0 Å². The highest BCUT2D eigenvalue weighted by atomic mass is 16.3. The molecule has 1 aliphatic rings. The van der Waals surface area contributed by atoms with Crippen LogP contribution in [0.5, 0.6) is 0 Å². The van der Waals surface area contributed by atoms with Crippen LogP contribution in [0.4, 0.5) is 0 Å². The van der Waals surface area contributed by atoms with Crippen LogP contribution in [0.2, 0.25) is 0 Å². The average Bonchev–Trinajstić information content (AvgIpc) is 2.04. The van der Waals surface area contributed by atoms with Crippen LogP contribution in [0.25, 0.3) is 0 Å². The molecule has 1 rings (SSSR count). The van der Waals surface area contributed by atoms with Crippen LogP contribution in [0.3, 0.4) is 0 Å². The smallest absolute Gasteiger partial charge is 0.0672 e. The zero-order chi connectivity index (χ0) is 7.78. The molecule has 0 aliphatic heterocycles. The van der Waals surface area contributed by atoms with Gasteiger partial charge in [0.25, 0.3) is 0 Å². The zero-order valence-electron chi connectivity index (χ0n) is 6.67. The van der Waals surface area contributed by atoms with Crippen molar-refractivity contribution < 1.29 is 10.2 Å². The largest absolute Gasteiger partial charge is 0.396 e. The van der Waals surface area contributed by atoms with Gasteiger partial charge < -0.3 is 10.2 Å². The minimum absolute atomic E-state index is 0.0995. The quantitative estimate of drug-likeness (QED) is 0.571. The topological polar surface area (TPSA) is 40.5 Å². The van der Waals surface area contributed by atoms with Crippen molar-refractivity contribution in [2.24, 2.45) is 11.8 Å². The Hall–Kier alpha value is -0.0800. The van der Waals surface area contributed by atoms with E-state index in [0.717, 1.165) is 12.8 Å². The lowest BCUT2D eigenvalue weighted by molar-refractivity contribution is -0.00262. The van der Waals surface area contributed by atoms with Crippen LogP contribution in [-0.4, -0.2) is 22.4 Å². The molecule has 0 saturated heterocycles. The number of aliphatic hydroxyl groups excluding tert-OH is 1. The van der Waals surface area contributed by atoms with E-state index in [4.69, 9.17) is 5.11 Å². The Morgan fingerprint density at radius 1 is 1.60 bits per heavy atom. The summed E-state index contributed by atoms with van der Waals surface area (Å²) in [7, 11) is 0. The maximum atomic E-state index is 9.66. The molecule has 10 heavy (non-hydrogen) atoms. The predicted molar refractivity (Wildman–Crippen MR) is 39.6 cm³/mol. The molecule has 0 aromatic rings. The summed E-state index contributed by atoms with van der Waals surface area (Å²) in [5.41, 5.74) is -0.617. The Bertz CT molecular complexity index is 120. The Morgan fingerprint density at radius 2 is 2.20 bits per heavy atom. The number of hydrogen-bond acceptors (Lipinski definition) is 2. The van der Waals surface area contributed by atoms with Gasteiger partial charge in [-0.25, -0.2) is 0 Å². The standard InChI is InChI=1S/C8H16O2/c1-6-3-7(5-9)8(2,10)4-6/h6-7,9-10H,3-5H2,1-2H3/t6-,7+,8+/m1/s1. The first kappa shape index (κ1) is 8.02. The van der Waals surface area contributed by atoms with Gasteiger partial charge in [-0.15, -0.1) is 0 Å². The molecule has 2 N–H and O–H groups in total. The van der Waals surface area contributed by atoms with E-state index in [-0.39, 0.29) is 12.5 Å². The van der Waals surface area contributed by atoms with Crippen LogP contribution in [0.1, 0.15) is 26.7 Å². The van der Waals surface area contributed by atoms with Crippen molar-refractivity contribution in [3.8, 4) is 0 Å². The lowest BCUT2D eigenvalue weighted by Gasteiger charge is -2.23. The summed E-state index contributed by atoms with van der Waals surface area (Å²) in [5, 5.41) is 18.5. The predicted octanol–water partition coefficient (Wildman–Crippen LogP) is 0.776. The fourth-order valence-electron chi connectivity index (χ4n) is 1.97. The van der Waals surface area contributed by atoms with Gasteiger partial charge in [-0.05, 0) is 25.7 Å². The second kappa shape index (κ2) is 2.51. The van der Waals surface area contributed by atoms with E-state index in [1.54, 1.807) is 0 Å². The SMILES string of the molecule is C[C@@H]1C[C@@H](CO)[C@@](C)(O)C1. The second-order valence-corrected chi connectivity index (χ2v) is 3.78. The molecule has 1 fully saturated rings. The molecule has 0 aromatic heterocycles. The molecule has 1 saturated carbocycles. The van der Waals surface area contributed by atoms with Crippen LogP contribution in [0, 0.1) is 11.8 Å². The molecule has 2 nitrogen and oxygen atoms in total. The van der Waals surface area contributed by atoms with Crippen LogP contribution in [0.15, 0.2) is 0 Å². The van der Waals surface area contributed by atoms with Gasteiger partial charge in [0, 0.05) is 12.5 Å². The molecule has 2 heteroatoms. The van der Waals surface area contributed by atoms with Gasteiger partial charge in [-0.1, -0.05) is 6.92 Å². The third-order valence-electron chi connectivity index (χ3n) is 2.55. The van der Waals surface area contributed by atoms with Gasteiger partial charge in [-0.3, -0.25) is 0 Å². The van der Waals surface area contributed by atoms with Crippen molar-refractivity contribution in [1.82, 2.24) is 0 Å². The Balaban J connectivity index is 2.58. The lowest BCUT2D eigenvalue weighted by atomic mass is 9.94. The van der Waals surface area contributed by atoms with Crippen molar-refractivity contribution in [2.45, 2.75) is 32.3 Å². The number of rotatable bonds is 1. The molecular formula is C8H16O2. The Kier molecular flexibility index (Phi) is 2.02. The van der Waals surface area contributed by atoms with E-state index in [9.17, 15) is 5.11 Å². The van der Waals surface area contributed by atoms with E-state index < -0.39 is 5.60 Å². The van der Waals surface area contributed by atoms with Crippen molar-refractivity contribution in [3.05, 3.63) is 0 Å². The van der Waals surface area contributed by atoms with Gasteiger partial charge in [-0.2, -0.15) is 0 Å². The second-order valence-electron chi connectivity index (χ2n) is 3.78. The monoisotopic (exact) mass is 144 g/mol. The van der Waals surface area contributed by atoms with E-state index >= 15 is 0 Å². The molecule has 0 aromatic carbocycles. The van der Waals surface area contributed by atoms with E-state index in [2.05, 4.69) is 6.92 Å². The van der Waals surface area contributed by atoms with E-state index in [1.807, 2.05) is 6.92 Å². The van der Waals surface area contributed by atoms with Crippen LogP contribution < -0.4 is 0 Å². The maximum Gasteiger partial charge on any atom is 0.0672 e. The molecule has 0 amide bonds. The number of aliphatic hydroxyl groups is 2. The first-order valence-electron chi connectivity index (χ1n) is 3.89. The first-order chi connectivity index (χ1) is 4.56. The molecule has 0 heterocycles. The highest BCUT2D eigenvalue weighted by Crippen LogP contribution is 2.38. The van der Waals surface area contributed by atoms with Gasteiger partial charge in [0.1, 0.15) is 0 Å². The zero-order valence-corrected chi connectivity index (χ0v) is 6.67. The van der Waals surface area contributed by atoms with Gasteiger partial charge in [0.15, 0.2) is 0 Å². The highest BCUT2D eigenvalue weighted by molar-refractivity contribution is 4.90. The third-order valence-corrected chi connectivity index (χ3v) is 2.55. The summed E-state index contributed by atoms with van der Waals surface area (Å²) >= 11 is 0. The minimum Gasteiger partial charge on any atom is -0.396 e. The molecular weight excluding hydrogens is 128 g/mol. The molecule has 0 radical (unpaired) electrons. The Labute approximate surface area is 61.9 Å². The summed E-state index contributed by atoms with van der Waals surface area (Å²) in [5.74, 6) is 0.662. The van der Waals surface area contributed by atoms with Crippen molar-refractivity contribution in [2.75, 3.05) is 6.61 Å². The maximum absolute atomic E-state index is 9.66. The van der Waals surface area contributed by atoms with Crippen LogP contribution in [-0.2, 0) is 0 Å². The summed E-state index contributed by atoms with van der Waals surface area (Å²) in [6, 6.07) is 0. The molecule has 3 atom stereocenters. The Morgan fingerprint density at radius 3 is 2.40 bits per heavy atom. The summed E-state index contributed by atoms with van der Waals surface area (Å²) in [6.45, 7) is 4.05. The molecule has 0 bridgehead atoms. The van der Waals surface area contributed by atoms with Gasteiger partial charge in [0.05, 0.1) is 5.60 Å². The fourth-order valence-corrected chi connectivity index (χ4v) is 1.97. The number of hydrogen-bond donors (Lipinski definition) is 2. The first-order valence-corrected chi connectivity index (χ1v) is 3.89. The lowest BCUT2D eigenvalue weighted by Crippen LogP contribution is -2.31. The summed E-state index contributed by atoms with van der Waals surface area (Å²) < 4.78 is 0. The van der Waals surface area contributed by atoms with Crippen molar-refractivity contribution >= 4 is 0 Å². The van der Waals surface area contributed by atoms with Crippen LogP contribution >= 0.6 is 0 Å². The molecule has 0 spiro atoms. The van der Waals surface area contributed by atoms with Crippen molar-refractivity contribution in [1.29, 1.82) is 0 Å². The normalized spacial score (nSPS) is 48.0. The molecule has 1 aliphatic carbocycles. The van der Waals surface area contributed by atoms with Crippen molar-refractivity contribution in [3.63, 3.8) is 0 Å². The summed E-state index contributed by atoms with van der Waals surface area (Å²) in [6.07, 6.45) is 1.79. The van der Waals surface area contributed by atoms with E-state index in [0.29, 0.717) is 5.92 Å². The van der Waals surface area contributed by atoms with Gasteiger partial charge >= 0.3 is 0 Å². The molecule has 60 valence electrons. The molecule has 0 unspecified atom stereocenters. The third kappa shape index (κ3) is 1.32.